The first-order chi connectivity index (χ1) is 15.7. The summed E-state index contributed by atoms with van der Waals surface area (Å²) in [5.74, 6) is -0.497. The first kappa shape index (κ1) is 21.5. The Bertz CT molecular complexity index is 1340. The van der Waals surface area contributed by atoms with E-state index in [1.807, 2.05) is 31.2 Å². The second-order valence-corrected chi connectivity index (χ2v) is 10.1. The van der Waals surface area contributed by atoms with Gasteiger partial charge >= 0.3 is 0 Å². The maximum Gasteiger partial charge on any atom is 0.255 e. The summed E-state index contributed by atoms with van der Waals surface area (Å²) < 4.78 is 37.4. The van der Waals surface area contributed by atoms with Crippen LogP contribution in [0.5, 0.6) is 0 Å². The number of pyridine rings is 1. The quantitative estimate of drug-likeness (QED) is 0.638. The number of fused-ring (bicyclic) bond motifs is 1. The third-order valence-corrected chi connectivity index (χ3v) is 7.14. The average molecular weight is 467 g/mol. The number of carbonyl (C=O) groups is 1. The van der Waals surface area contributed by atoms with Crippen LogP contribution in [0.15, 0.2) is 65.8 Å². The molecule has 0 unspecified atom stereocenters. The lowest BCUT2D eigenvalue weighted by Crippen LogP contribution is -2.55. The van der Waals surface area contributed by atoms with E-state index in [0.717, 1.165) is 16.8 Å². The van der Waals surface area contributed by atoms with Crippen LogP contribution >= 0.6 is 0 Å². The Balaban J connectivity index is 1.29. The van der Waals surface area contributed by atoms with E-state index >= 15 is 0 Å². The molecule has 2 aliphatic heterocycles. The molecular weight excluding hydrogens is 443 g/mol. The smallest absolute Gasteiger partial charge is 0.255 e. The number of amides is 1. The summed E-state index contributed by atoms with van der Waals surface area (Å²) in [7, 11) is -3.95. The molecule has 1 aromatic heterocycles. The topological polar surface area (TPSA) is 96.6 Å². The average Bonchev–Trinajstić information content (AvgIpc) is 3.08. The Morgan fingerprint density at radius 2 is 1.82 bits per heavy atom. The van der Waals surface area contributed by atoms with Gasteiger partial charge in [-0.1, -0.05) is 30.3 Å². The van der Waals surface area contributed by atoms with Gasteiger partial charge in [-0.05, 0) is 42.7 Å². The minimum Gasteiger partial charge on any atom is -0.370 e. The monoisotopic (exact) mass is 466 g/mol. The molecule has 1 amide bonds. The van der Waals surface area contributed by atoms with E-state index in [4.69, 9.17) is 5.14 Å². The summed E-state index contributed by atoms with van der Waals surface area (Å²) in [6.07, 6.45) is 2.11. The first-order valence-electron chi connectivity index (χ1n) is 10.7. The molecule has 3 heterocycles. The number of aromatic nitrogens is 1. The predicted octanol–water partition coefficient (Wildman–Crippen LogP) is 2.95. The molecule has 1 atom stereocenters. The van der Waals surface area contributed by atoms with Crippen LogP contribution in [0.1, 0.15) is 12.5 Å². The molecule has 33 heavy (non-hydrogen) atoms. The number of primary sulfonamides is 1. The lowest BCUT2D eigenvalue weighted by molar-refractivity contribution is -0.123. The van der Waals surface area contributed by atoms with Gasteiger partial charge in [0.15, 0.2) is 5.03 Å². The lowest BCUT2D eigenvalue weighted by Gasteiger charge is -2.42. The maximum absolute atomic E-state index is 14.0. The van der Waals surface area contributed by atoms with Gasteiger partial charge in [-0.3, -0.25) is 4.79 Å². The van der Waals surface area contributed by atoms with E-state index in [1.165, 1.54) is 18.3 Å². The minimum absolute atomic E-state index is 0.0351. The van der Waals surface area contributed by atoms with Gasteiger partial charge in [-0.15, -0.1) is 0 Å². The van der Waals surface area contributed by atoms with Crippen LogP contribution in [-0.4, -0.2) is 38.4 Å². The van der Waals surface area contributed by atoms with Crippen molar-refractivity contribution in [3.8, 4) is 11.1 Å². The maximum atomic E-state index is 14.0. The highest BCUT2D eigenvalue weighted by atomic mass is 32.2. The largest absolute Gasteiger partial charge is 0.370 e. The van der Waals surface area contributed by atoms with Crippen LogP contribution in [0.3, 0.4) is 0 Å². The zero-order valence-corrected chi connectivity index (χ0v) is 18.8. The summed E-state index contributed by atoms with van der Waals surface area (Å²) in [6, 6.07) is 15.6. The van der Waals surface area contributed by atoms with E-state index < -0.39 is 10.0 Å². The molecule has 3 aromatic rings. The van der Waals surface area contributed by atoms with E-state index in [0.29, 0.717) is 30.8 Å². The standard InChI is InChI=1S/C24H23FN4O3S/c1-15-10-17-12-27-23(33(26,31)32)11-22(17)29(15)24(30)18-13-28(14-18)19-8-6-16(7-9-19)20-4-2-3-5-21(20)25/h2-9,11-12,15,18H,10,13-14H2,1H3,(H2,26,31,32)/t15-/m0/s1. The number of sulfonamides is 1. The Kier molecular flexibility index (Phi) is 5.18. The summed E-state index contributed by atoms with van der Waals surface area (Å²) >= 11 is 0. The predicted molar refractivity (Wildman–Crippen MR) is 124 cm³/mol. The van der Waals surface area contributed by atoms with Crippen LogP contribution in [-0.2, 0) is 21.2 Å². The number of carbonyl (C=O) groups excluding carboxylic acids is 1. The van der Waals surface area contributed by atoms with Crippen molar-refractivity contribution in [3.63, 3.8) is 0 Å². The third kappa shape index (κ3) is 3.87. The summed E-state index contributed by atoms with van der Waals surface area (Å²) in [4.78, 5) is 21.0. The van der Waals surface area contributed by atoms with Crippen molar-refractivity contribution in [1.29, 1.82) is 0 Å². The lowest BCUT2D eigenvalue weighted by atomic mass is 9.96. The highest BCUT2D eigenvalue weighted by Crippen LogP contribution is 2.36. The Morgan fingerprint density at radius 3 is 2.48 bits per heavy atom. The fourth-order valence-corrected chi connectivity index (χ4v) is 5.04. The fraction of sp³-hybridized carbons (Fsp3) is 0.250. The number of anilines is 2. The van der Waals surface area contributed by atoms with Crippen molar-refractivity contribution < 1.29 is 17.6 Å². The van der Waals surface area contributed by atoms with Gasteiger partial charge in [0.25, 0.3) is 10.0 Å². The second-order valence-electron chi connectivity index (χ2n) is 8.59. The molecule has 9 heteroatoms. The number of hydrogen-bond acceptors (Lipinski definition) is 5. The van der Waals surface area contributed by atoms with Gasteiger partial charge in [-0.25, -0.2) is 22.9 Å². The number of benzene rings is 2. The molecule has 0 spiro atoms. The molecule has 1 fully saturated rings. The van der Waals surface area contributed by atoms with Gasteiger partial charge in [0, 0.05) is 42.6 Å². The van der Waals surface area contributed by atoms with Crippen molar-refractivity contribution in [2.75, 3.05) is 22.9 Å². The van der Waals surface area contributed by atoms with E-state index in [2.05, 4.69) is 9.88 Å². The molecule has 5 rings (SSSR count). The van der Waals surface area contributed by atoms with Crippen LogP contribution in [0.4, 0.5) is 15.8 Å². The molecule has 2 aromatic carbocycles. The number of halogens is 1. The summed E-state index contributed by atoms with van der Waals surface area (Å²) in [6.45, 7) is 3.06. The number of nitrogens with zero attached hydrogens (tertiary/aromatic N) is 3. The van der Waals surface area contributed by atoms with Crippen LogP contribution in [0, 0.1) is 11.7 Å². The molecule has 0 saturated carbocycles. The Hall–Kier alpha value is -3.30. The van der Waals surface area contributed by atoms with E-state index in [9.17, 15) is 17.6 Å². The van der Waals surface area contributed by atoms with Crippen LogP contribution in [0.2, 0.25) is 0 Å². The third-order valence-electron chi connectivity index (χ3n) is 6.33. The zero-order chi connectivity index (χ0) is 23.3. The molecule has 2 N–H and O–H groups in total. The number of rotatable bonds is 4. The zero-order valence-electron chi connectivity index (χ0n) is 18.0. The van der Waals surface area contributed by atoms with Gasteiger partial charge in [0.2, 0.25) is 5.91 Å². The van der Waals surface area contributed by atoms with Crippen molar-refractivity contribution in [2.24, 2.45) is 11.1 Å². The van der Waals surface area contributed by atoms with Gasteiger partial charge in [-0.2, -0.15) is 0 Å². The van der Waals surface area contributed by atoms with Crippen LogP contribution in [0.25, 0.3) is 11.1 Å². The molecule has 1 saturated heterocycles. The van der Waals surface area contributed by atoms with E-state index in [-0.39, 0.29) is 28.7 Å². The van der Waals surface area contributed by atoms with Gasteiger partial charge < -0.3 is 9.80 Å². The van der Waals surface area contributed by atoms with Crippen molar-refractivity contribution >= 4 is 27.3 Å². The first-order valence-corrected chi connectivity index (χ1v) is 12.2. The van der Waals surface area contributed by atoms with Crippen molar-refractivity contribution in [3.05, 3.63) is 72.2 Å². The van der Waals surface area contributed by atoms with Gasteiger partial charge in [0.05, 0.1) is 11.6 Å². The number of hydrogen-bond donors (Lipinski definition) is 1. The van der Waals surface area contributed by atoms with Crippen molar-refractivity contribution in [1.82, 2.24) is 4.98 Å². The SMILES string of the molecule is C[C@H]1Cc2cnc(S(N)(=O)=O)cc2N1C(=O)C1CN(c2ccc(-c3ccccc3F)cc2)C1. The molecule has 0 aliphatic carbocycles. The van der Waals surface area contributed by atoms with Crippen LogP contribution < -0.4 is 14.9 Å². The summed E-state index contributed by atoms with van der Waals surface area (Å²) in [5.41, 5.74) is 3.72. The molecule has 2 aliphatic rings. The normalized spacial score (nSPS) is 18.2. The highest BCUT2D eigenvalue weighted by molar-refractivity contribution is 7.89. The van der Waals surface area contributed by atoms with Gasteiger partial charge in [0.1, 0.15) is 5.82 Å². The second kappa shape index (κ2) is 7.93. The Labute approximate surface area is 191 Å². The molecular formula is C24H23FN4O3S. The molecule has 7 nitrogen and oxygen atoms in total. The minimum atomic E-state index is -3.95. The van der Waals surface area contributed by atoms with E-state index in [1.54, 1.807) is 23.1 Å². The molecule has 0 radical (unpaired) electrons. The van der Waals surface area contributed by atoms with Crippen molar-refractivity contribution in [2.45, 2.75) is 24.4 Å². The highest BCUT2D eigenvalue weighted by Gasteiger charge is 2.41. The summed E-state index contributed by atoms with van der Waals surface area (Å²) in [5, 5.41) is 4.98. The number of nitrogens with two attached hydrogens (primary N) is 1. The fourth-order valence-electron chi connectivity index (χ4n) is 4.56. The molecule has 170 valence electrons. The molecule has 0 bridgehead atoms. The Morgan fingerprint density at radius 1 is 1.12 bits per heavy atom.